The molecule has 1 aliphatic rings. The maximum absolute atomic E-state index is 14.0. The van der Waals surface area contributed by atoms with Gasteiger partial charge in [-0.1, -0.05) is 0 Å². The van der Waals surface area contributed by atoms with Crippen molar-refractivity contribution in [3.05, 3.63) is 62.3 Å². The zero-order chi connectivity index (χ0) is 20.6. The molecule has 1 aliphatic heterocycles. The van der Waals surface area contributed by atoms with Gasteiger partial charge in [-0.3, -0.25) is 14.4 Å². The van der Waals surface area contributed by atoms with Gasteiger partial charge in [0.1, 0.15) is 23.7 Å². The molecule has 8 nitrogen and oxygen atoms in total. The second-order valence-corrected chi connectivity index (χ2v) is 5.97. The molecule has 0 bridgehead atoms. The number of carbonyl (C=O) groups is 2. The standard InChI is InChI=1S/C17H13F3N2O6/c18-9-2-11(20)10(19)1-7(9)4-22-12-6-28-5-8(12)15(25)14(17(22)27)16(26)21-3-13(23)24/h1-2,25H,3-6H2,(H,21,26)(H,23,24). The number of carboxylic acid groups (broad SMARTS) is 1. The highest BCUT2D eigenvalue weighted by Crippen LogP contribution is 2.30. The SMILES string of the molecule is O=C(O)CNC(=O)c1c(O)c2c(n(Cc3cc(F)c(F)cc3F)c1=O)COC2. The number of aliphatic carboxylic acids is 1. The number of fused-ring (bicyclic) bond motifs is 1. The van der Waals surface area contributed by atoms with Crippen LogP contribution in [0.5, 0.6) is 5.75 Å². The summed E-state index contributed by atoms with van der Waals surface area (Å²) in [6.45, 7) is -1.66. The lowest BCUT2D eigenvalue weighted by Gasteiger charge is -2.16. The average Bonchev–Trinajstić information content (AvgIpc) is 3.11. The smallest absolute Gasteiger partial charge is 0.322 e. The van der Waals surface area contributed by atoms with E-state index in [2.05, 4.69) is 0 Å². The summed E-state index contributed by atoms with van der Waals surface area (Å²) in [7, 11) is 0. The number of benzene rings is 1. The fourth-order valence-electron chi connectivity index (χ4n) is 2.85. The van der Waals surface area contributed by atoms with Gasteiger partial charge >= 0.3 is 5.97 Å². The number of ether oxygens (including phenoxy) is 1. The first-order valence-corrected chi connectivity index (χ1v) is 7.89. The summed E-state index contributed by atoms with van der Waals surface area (Å²) in [5, 5.41) is 20.9. The molecule has 0 aliphatic carbocycles. The van der Waals surface area contributed by atoms with Crippen LogP contribution >= 0.6 is 0 Å². The highest BCUT2D eigenvalue weighted by atomic mass is 19.2. The minimum Gasteiger partial charge on any atom is -0.506 e. The van der Waals surface area contributed by atoms with Gasteiger partial charge in [0.2, 0.25) is 0 Å². The quantitative estimate of drug-likeness (QED) is 0.644. The number of carboxylic acids is 1. The molecule has 0 unspecified atom stereocenters. The van der Waals surface area contributed by atoms with Gasteiger partial charge in [-0.25, -0.2) is 13.2 Å². The third-order valence-corrected chi connectivity index (χ3v) is 4.19. The summed E-state index contributed by atoms with van der Waals surface area (Å²) in [6.07, 6.45) is 0. The van der Waals surface area contributed by atoms with Crippen molar-refractivity contribution in [3.8, 4) is 5.75 Å². The summed E-state index contributed by atoms with van der Waals surface area (Å²) in [5.41, 5.74) is -1.95. The monoisotopic (exact) mass is 398 g/mol. The zero-order valence-electron chi connectivity index (χ0n) is 14.1. The van der Waals surface area contributed by atoms with Crippen molar-refractivity contribution in [3.63, 3.8) is 0 Å². The molecule has 1 aromatic carbocycles. The minimum absolute atomic E-state index is 0.0862. The Hall–Kier alpha value is -3.34. The fourth-order valence-corrected chi connectivity index (χ4v) is 2.85. The van der Waals surface area contributed by atoms with Gasteiger partial charge < -0.3 is 24.8 Å². The number of carbonyl (C=O) groups excluding carboxylic acids is 1. The molecule has 3 N–H and O–H groups in total. The summed E-state index contributed by atoms with van der Waals surface area (Å²) in [5.74, 6) is -7.04. The van der Waals surface area contributed by atoms with Gasteiger partial charge in [0.25, 0.3) is 11.5 Å². The number of aromatic hydroxyl groups is 1. The van der Waals surface area contributed by atoms with Crippen LogP contribution in [0.25, 0.3) is 0 Å². The Morgan fingerprint density at radius 3 is 2.50 bits per heavy atom. The lowest BCUT2D eigenvalue weighted by Crippen LogP contribution is -2.37. The molecule has 0 atom stereocenters. The van der Waals surface area contributed by atoms with E-state index in [9.17, 15) is 32.7 Å². The van der Waals surface area contributed by atoms with Crippen LogP contribution < -0.4 is 10.9 Å². The molecule has 1 amide bonds. The topological polar surface area (TPSA) is 118 Å². The van der Waals surface area contributed by atoms with Crippen LogP contribution in [0.15, 0.2) is 16.9 Å². The van der Waals surface area contributed by atoms with Crippen molar-refractivity contribution < 1.29 is 37.7 Å². The van der Waals surface area contributed by atoms with Crippen LogP contribution in [0.1, 0.15) is 27.2 Å². The van der Waals surface area contributed by atoms with Crippen molar-refractivity contribution in [2.24, 2.45) is 0 Å². The van der Waals surface area contributed by atoms with Crippen LogP contribution in [-0.4, -0.2) is 33.2 Å². The van der Waals surface area contributed by atoms with E-state index in [1.807, 2.05) is 5.32 Å². The number of nitrogens with zero attached hydrogens (tertiary/aromatic N) is 1. The summed E-state index contributed by atoms with van der Waals surface area (Å²) >= 11 is 0. The Labute approximate surface area is 154 Å². The van der Waals surface area contributed by atoms with E-state index in [-0.39, 0.29) is 30.0 Å². The molecule has 0 saturated carbocycles. The van der Waals surface area contributed by atoms with Crippen LogP contribution in [0.4, 0.5) is 13.2 Å². The molecule has 28 heavy (non-hydrogen) atoms. The molecule has 0 radical (unpaired) electrons. The third-order valence-electron chi connectivity index (χ3n) is 4.19. The van der Waals surface area contributed by atoms with Crippen LogP contribution in [0, 0.1) is 17.5 Å². The first kappa shape index (κ1) is 19.4. The lowest BCUT2D eigenvalue weighted by molar-refractivity contribution is -0.135. The predicted molar refractivity (Wildman–Crippen MR) is 86.2 cm³/mol. The summed E-state index contributed by atoms with van der Waals surface area (Å²) in [4.78, 5) is 35.5. The van der Waals surface area contributed by atoms with Gasteiger partial charge in [-0.2, -0.15) is 0 Å². The molecular formula is C17H13F3N2O6. The zero-order valence-corrected chi connectivity index (χ0v) is 14.1. The molecule has 3 rings (SSSR count). The van der Waals surface area contributed by atoms with E-state index in [1.54, 1.807) is 0 Å². The molecule has 148 valence electrons. The lowest BCUT2D eigenvalue weighted by atomic mass is 10.1. The predicted octanol–water partition coefficient (Wildman–Crippen LogP) is 0.864. The molecule has 0 fully saturated rings. The van der Waals surface area contributed by atoms with Crippen molar-refractivity contribution in [1.82, 2.24) is 9.88 Å². The Morgan fingerprint density at radius 1 is 1.14 bits per heavy atom. The second kappa shape index (κ2) is 7.35. The Bertz CT molecular complexity index is 1050. The van der Waals surface area contributed by atoms with Gasteiger partial charge in [0.05, 0.1) is 25.5 Å². The van der Waals surface area contributed by atoms with Gasteiger partial charge in [0.15, 0.2) is 11.6 Å². The van der Waals surface area contributed by atoms with Crippen LogP contribution in [-0.2, 0) is 29.3 Å². The molecule has 0 spiro atoms. The number of aromatic nitrogens is 1. The molecule has 2 heterocycles. The number of hydrogen-bond donors (Lipinski definition) is 3. The number of halogens is 3. The summed E-state index contributed by atoms with van der Waals surface area (Å²) < 4.78 is 46.7. The van der Waals surface area contributed by atoms with E-state index in [1.165, 1.54) is 0 Å². The Balaban J connectivity index is 2.12. The highest BCUT2D eigenvalue weighted by molar-refractivity contribution is 5.98. The van der Waals surface area contributed by atoms with Gasteiger partial charge in [0, 0.05) is 17.2 Å². The molecule has 0 saturated heterocycles. The normalized spacial score (nSPS) is 12.7. The van der Waals surface area contributed by atoms with E-state index in [4.69, 9.17) is 9.84 Å². The van der Waals surface area contributed by atoms with Gasteiger partial charge in [-0.05, 0) is 6.07 Å². The van der Waals surface area contributed by atoms with E-state index in [0.717, 1.165) is 4.57 Å². The second-order valence-electron chi connectivity index (χ2n) is 5.97. The number of hydrogen-bond acceptors (Lipinski definition) is 5. The molecular weight excluding hydrogens is 385 g/mol. The van der Waals surface area contributed by atoms with E-state index < -0.39 is 59.3 Å². The van der Waals surface area contributed by atoms with E-state index in [0.29, 0.717) is 12.1 Å². The first-order chi connectivity index (χ1) is 13.2. The number of amides is 1. The molecule has 11 heteroatoms. The maximum Gasteiger partial charge on any atom is 0.322 e. The largest absolute Gasteiger partial charge is 0.506 e. The maximum atomic E-state index is 14.0. The van der Waals surface area contributed by atoms with Crippen molar-refractivity contribution in [2.75, 3.05) is 6.54 Å². The van der Waals surface area contributed by atoms with Crippen molar-refractivity contribution in [2.45, 2.75) is 19.8 Å². The number of pyridine rings is 1. The number of nitrogens with one attached hydrogen (secondary N) is 1. The first-order valence-electron chi connectivity index (χ1n) is 7.89. The van der Waals surface area contributed by atoms with Crippen molar-refractivity contribution >= 4 is 11.9 Å². The van der Waals surface area contributed by atoms with Gasteiger partial charge in [-0.15, -0.1) is 0 Å². The summed E-state index contributed by atoms with van der Waals surface area (Å²) in [6, 6.07) is 0.906. The Morgan fingerprint density at radius 2 is 1.82 bits per heavy atom. The fraction of sp³-hybridized carbons (Fsp3) is 0.235. The van der Waals surface area contributed by atoms with E-state index >= 15 is 0 Å². The number of rotatable bonds is 5. The Kier molecular flexibility index (Phi) is 5.10. The van der Waals surface area contributed by atoms with Crippen molar-refractivity contribution in [1.29, 1.82) is 0 Å². The minimum atomic E-state index is -1.40. The third kappa shape index (κ3) is 3.43. The molecule has 2 aromatic rings. The van der Waals surface area contributed by atoms with Crippen LogP contribution in [0.2, 0.25) is 0 Å². The average molecular weight is 398 g/mol. The van der Waals surface area contributed by atoms with Crippen LogP contribution in [0.3, 0.4) is 0 Å². The highest BCUT2D eigenvalue weighted by Gasteiger charge is 2.29. The molecule has 1 aromatic heterocycles.